The Hall–Kier alpha value is -3.17. The van der Waals surface area contributed by atoms with Gasteiger partial charge in [0, 0.05) is 32.2 Å². The fourth-order valence-electron chi connectivity index (χ4n) is 3.77. The topological polar surface area (TPSA) is 101 Å². The highest BCUT2D eigenvalue weighted by molar-refractivity contribution is 6.35. The molecule has 30 heavy (non-hydrogen) atoms. The summed E-state index contributed by atoms with van der Waals surface area (Å²) in [5, 5.41) is 9.46. The number of hydrogen-bond acceptors (Lipinski definition) is 8. The number of rotatable bonds is 4. The van der Waals surface area contributed by atoms with Crippen LogP contribution in [0.25, 0.3) is 22.0 Å². The Kier molecular flexibility index (Phi) is 4.76. The molecule has 1 aliphatic heterocycles. The maximum absolute atomic E-state index is 13.5. The summed E-state index contributed by atoms with van der Waals surface area (Å²) in [4.78, 5) is 26.8. The molecule has 1 aromatic carbocycles. The number of hydrogen-bond donors (Lipinski definition) is 2. The van der Waals surface area contributed by atoms with Gasteiger partial charge in [-0.2, -0.15) is 0 Å². The van der Waals surface area contributed by atoms with Gasteiger partial charge in [0.15, 0.2) is 17.2 Å². The van der Waals surface area contributed by atoms with E-state index < -0.39 is 0 Å². The summed E-state index contributed by atoms with van der Waals surface area (Å²) < 4.78 is 7.18. The number of benzene rings is 1. The Morgan fingerprint density at radius 2 is 2.03 bits per heavy atom. The van der Waals surface area contributed by atoms with Gasteiger partial charge in [0.05, 0.1) is 28.2 Å². The molecule has 4 aromatic rings. The molecule has 9 nitrogen and oxygen atoms in total. The first-order valence-electron chi connectivity index (χ1n) is 9.75. The second-order valence-electron chi connectivity index (χ2n) is 7.15. The van der Waals surface area contributed by atoms with E-state index in [2.05, 4.69) is 20.6 Å². The van der Waals surface area contributed by atoms with Crippen molar-refractivity contribution in [1.29, 1.82) is 0 Å². The van der Waals surface area contributed by atoms with E-state index in [0.29, 0.717) is 51.8 Å². The van der Waals surface area contributed by atoms with E-state index in [1.807, 2.05) is 11.9 Å². The minimum atomic E-state index is -0.334. The van der Waals surface area contributed by atoms with Crippen LogP contribution in [-0.4, -0.2) is 45.8 Å². The average Bonchev–Trinajstić information content (AvgIpc) is 3.24. The van der Waals surface area contributed by atoms with Gasteiger partial charge in [-0.05, 0) is 19.1 Å². The molecule has 5 rings (SSSR count). The number of piperazine rings is 1. The van der Waals surface area contributed by atoms with Crippen LogP contribution in [-0.2, 0) is 0 Å². The summed E-state index contributed by atoms with van der Waals surface area (Å²) >= 11 is 6.36. The fourth-order valence-corrected chi connectivity index (χ4v) is 4.02. The first-order chi connectivity index (χ1) is 14.6. The van der Waals surface area contributed by atoms with Crippen molar-refractivity contribution < 1.29 is 4.42 Å². The molecule has 0 bridgehead atoms. The first kappa shape index (κ1) is 18.8. The summed E-state index contributed by atoms with van der Waals surface area (Å²) in [5.41, 5.74) is 1.65. The summed E-state index contributed by atoms with van der Waals surface area (Å²) in [7, 11) is 0. The van der Waals surface area contributed by atoms with Gasteiger partial charge in [-0.15, -0.1) is 0 Å². The van der Waals surface area contributed by atoms with Gasteiger partial charge >= 0.3 is 0 Å². The van der Waals surface area contributed by atoms with Gasteiger partial charge in [0.2, 0.25) is 0 Å². The smallest absolute Gasteiger partial charge is 0.281 e. The fraction of sp³-hybridized carbons (Fsp3) is 0.300. The summed E-state index contributed by atoms with van der Waals surface area (Å²) in [6.07, 6.45) is 3.05. The third-order valence-corrected chi connectivity index (χ3v) is 5.52. The lowest BCUT2D eigenvalue weighted by Gasteiger charge is -2.33. The zero-order valence-corrected chi connectivity index (χ0v) is 17.1. The van der Waals surface area contributed by atoms with Crippen LogP contribution in [0.3, 0.4) is 0 Å². The number of nitrogens with one attached hydrogen (secondary N) is 2. The molecule has 1 atom stereocenters. The van der Waals surface area contributed by atoms with Crippen molar-refractivity contribution in [3.05, 3.63) is 58.1 Å². The molecule has 1 unspecified atom stereocenters. The number of furan rings is 1. The zero-order chi connectivity index (χ0) is 20.7. The zero-order valence-electron chi connectivity index (χ0n) is 16.3. The Bertz CT molecular complexity index is 1280. The molecule has 154 valence electrons. The maximum atomic E-state index is 13.5. The highest BCUT2D eigenvalue weighted by Gasteiger charge is 2.24. The number of aromatic nitrogens is 4. The Morgan fingerprint density at radius 1 is 1.20 bits per heavy atom. The Labute approximate surface area is 176 Å². The predicted molar refractivity (Wildman–Crippen MR) is 116 cm³/mol. The van der Waals surface area contributed by atoms with Gasteiger partial charge < -0.3 is 20.1 Å². The van der Waals surface area contributed by atoms with Crippen molar-refractivity contribution in [1.82, 2.24) is 24.9 Å². The highest BCUT2D eigenvalue weighted by Crippen LogP contribution is 2.25. The summed E-state index contributed by atoms with van der Waals surface area (Å²) in [5.74, 6) is 1.12. The van der Waals surface area contributed by atoms with Crippen molar-refractivity contribution in [3.63, 3.8) is 0 Å². The van der Waals surface area contributed by atoms with E-state index in [1.165, 1.54) is 6.33 Å². The number of halogens is 1. The van der Waals surface area contributed by atoms with E-state index in [1.54, 1.807) is 35.2 Å². The molecule has 10 heteroatoms. The van der Waals surface area contributed by atoms with Crippen LogP contribution in [0.5, 0.6) is 0 Å². The molecule has 3 aromatic heterocycles. The van der Waals surface area contributed by atoms with Crippen LogP contribution in [0.2, 0.25) is 5.02 Å². The largest absolute Gasteiger partial charge is 0.459 e. The third kappa shape index (κ3) is 3.16. The monoisotopic (exact) mass is 425 g/mol. The number of nitrogens with zero attached hydrogens (tertiary/aromatic N) is 5. The van der Waals surface area contributed by atoms with Crippen molar-refractivity contribution >= 4 is 39.4 Å². The average molecular weight is 426 g/mol. The predicted octanol–water partition coefficient (Wildman–Crippen LogP) is 2.30. The maximum Gasteiger partial charge on any atom is 0.281 e. The van der Waals surface area contributed by atoms with Crippen molar-refractivity contribution in [2.75, 3.05) is 36.5 Å². The molecule has 0 amide bonds. The second-order valence-corrected chi connectivity index (χ2v) is 7.56. The Morgan fingerprint density at radius 3 is 2.87 bits per heavy atom. The van der Waals surface area contributed by atoms with Gasteiger partial charge in [0.1, 0.15) is 11.8 Å². The lowest BCUT2D eigenvalue weighted by atomic mass is 10.2. The molecule has 0 spiro atoms. The van der Waals surface area contributed by atoms with Gasteiger partial charge in [-0.3, -0.25) is 4.79 Å². The number of fused-ring (bicyclic) bond motifs is 2. The second kappa shape index (κ2) is 7.58. The lowest BCUT2D eigenvalue weighted by molar-refractivity contribution is 0.461. The molecule has 1 aliphatic rings. The van der Waals surface area contributed by atoms with E-state index in [0.717, 1.165) is 13.1 Å². The molecule has 0 saturated carbocycles. The van der Waals surface area contributed by atoms with Crippen LogP contribution in [0.15, 0.2) is 46.1 Å². The number of anilines is 1. The highest BCUT2D eigenvalue weighted by atomic mass is 35.5. The van der Waals surface area contributed by atoms with E-state index >= 15 is 0 Å². The molecular weight excluding hydrogens is 406 g/mol. The van der Waals surface area contributed by atoms with Gasteiger partial charge in [-0.25, -0.2) is 19.6 Å². The van der Waals surface area contributed by atoms with Crippen molar-refractivity contribution in [3.8, 4) is 0 Å². The van der Waals surface area contributed by atoms with Gasteiger partial charge in [-0.1, -0.05) is 17.7 Å². The van der Waals surface area contributed by atoms with Crippen LogP contribution in [0.1, 0.15) is 18.8 Å². The molecule has 1 saturated heterocycles. The van der Waals surface area contributed by atoms with Crippen molar-refractivity contribution in [2.45, 2.75) is 13.0 Å². The van der Waals surface area contributed by atoms with Crippen LogP contribution >= 0.6 is 11.6 Å². The van der Waals surface area contributed by atoms with Crippen LogP contribution in [0.4, 0.5) is 5.82 Å². The minimum absolute atomic E-state index is 0.179. The van der Waals surface area contributed by atoms with Crippen LogP contribution in [0, 0.1) is 0 Å². The van der Waals surface area contributed by atoms with E-state index in [-0.39, 0.29) is 11.6 Å². The van der Waals surface area contributed by atoms with Crippen molar-refractivity contribution in [2.24, 2.45) is 0 Å². The molecular formula is C20H20ClN7O2. The Balaban J connectivity index is 1.65. The van der Waals surface area contributed by atoms with E-state index in [9.17, 15) is 4.79 Å². The van der Waals surface area contributed by atoms with Gasteiger partial charge in [0.25, 0.3) is 5.56 Å². The molecule has 4 heterocycles. The van der Waals surface area contributed by atoms with Crippen LogP contribution < -0.4 is 21.2 Å². The summed E-state index contributed by atoms with van der Waals surface area (Å²) in [6, 6.07) is 6.76. The molecule has 1 fully saturated rings. The summed E-state index contributed by atoms with van der Waals surface area (Å²) in [6.45, 7) is 4.88. The third-order valence-electron chi connectivity index (χ3n) is 5.21. The lowest BCUT2D eigenvalue weighted by Crippen LogP contribution is -2.54. The standard InChI is InChI=1S/C20H20ClN7O2/c1-12(25-18-17-15(5-10-30-17)23-11-24-18)19-26-14-4-2-3-13(21)16(14)20(29)28(19)27-8-6-22-7-9-27/h2-5,10-12,22H,6-9H2,1H3,(H,23,24,25). The quantitative estimate of drug-likeness (QED) is 0.513. The molecule has 2 N–H and O–H groups in total. The SMILES string of the molecule is CC(Nc1ncnc2ccoc12)c1nc2cccc(Cl)c2c(=O)n1N1CCNCC1. The molecule has 0 radical (unpaired) electrons. The molecule has 0 aliphatic carbocycles. The first-order valence-corrected chi connectivity index (χ1v) is 10.1. The van der Waals surface area contributed by atoms with E-state index in [4.69, 9.17) is 21.0 Å². The normalized spacial score (nSPS) is 15.6. The minimum Gasteiger partial charge on any atom is -0.459 e.